The maximum absolute atomic E-state index is 10.4. The monoisotopic (exact) mass is 325 g/mol. The van der Waals surface area contributed by atoms with Crippen molar-refractivity contribution in [3.05, 3.63) is 65.2 Å². The number of β-amino-alcohol motifs (C(OH)–C–C–N with tert-alkyl or cyclic N) is 1. The summed E-state index contributed by atoms with van der Waals surface area (Å²) in [6, 6.07) is 17.1. The zero-order valence-corrected chi connectivity index (χ0v) is 14.6. The Morgan fingerprint density at radius 3 is 2.79 bits per heavy atom. The average molecular weight is 325 g/mol. The number of rotatable bonds is 6. The molecule has 0 unspecified atom stereocenters. The Labute approximate surface area is 144 Å². The number of ether oxygens (including phenoxy) is 1. The van der Waals surface area contributed by atoms with Crippen molar-refractivity contribution in [1.82, 2.24) is 4.90 Å². The summed E-state index contributed by atoms with van der Waals surface area (Å²) in [5, 5.41) is 10.4. The van der Waals surface area contributed by atoms with Crippen LogP contribution in [-0.2, 0) is 0 Å². The molecule has 3 heteroatoms. The Kier molecular flexibility index (Phi) is 5.54. The van der Waals surface area contributed by atoms with Crippen LogP contribution in [0.25, 0.3) is 0 Å². The fourth-order valence-corrected chi connectivity index (χ4v) is 3.53. The van der Waals surface area contributed by atoms with Gasteiger partial charge in [0, 0.05) is 12.6 Å². The summed E-state index contributed by atoms with van der Waals surface area (Å²) in [6.45, 7) is 6.19. The molecule has 0 saturated carbocycles. The van der Waals surface area contributed by atoms with Gasteiger partial charge in [-0.3, -0.25) is 4.90 Å². The summed E-state index contributed by atoms with van der Waals surface area (Å²) in [5.74, 6) is 0.855. The van der Waals surface area contributed by atoms with Crippen molar-refractivity contribution in [3.63, 3.8) is 0 Å². The van der Waals surface area contributed by atoms with Gasteiger partial charge in [0.05, 0.1) is 0 Å². The van der Waals surface area contributed by atoms with Gasteiger partial charge in [-0.05, 0) is 50.4 Å². The highest BCUT2D eigenvalue weighted by Crippen LogP contribution is 2.32. The molecule has 0 spiro atoms. The van der Waals surface area contributed by atoms with Crippen molar-refractivity contribution in [1.29, 1.82) is 0 Å². The minimum Gasteiger partial charge on any atom is -0.491 e. The Morgan fingerprint density at radius 1 is 1.17 bits per heavy atom. The molecule has 0 aliphatic carbocycles. The van der Waals surface area contributed by atoms with E-state index in [2.05, 4.69) is 36.1 Å². The number of hydrogen-bond acceptors (Lipinski definition) is 3. The summed E-state index contributed by atoms with van der Waals surface area (Å²) in [6.07, 6.45) is 1.87. The van der Waals surface area contributed by atoms with E-state index in [0.29, 0.717) is 19.2 Å². The SMILES string of the molecule is Cc1cccc([C@@H]2CCCN2C[C@@H](O)COc2ccccc2C)c1. The third-order valence-electron chi connectivity index (χ3n) is 4.76. The standard InChI is InChI=1S/C21H27NO2/c1-16-7-5-9-18(13-16)20-10-6-12-22(20)14-19(23)15-24-21-11-4-3-8-17(21)2/h3-5,7-9,11,13,19-20,23H,6,10,12,14-15H2,1-2H3/t19-,20+/m1/s1. The molecule has 2 atom stereocenters. The second-order valence-electron chi connectivity index (χ2n) is 6.80. The summed E-state index contributed by atoms with van der Waals surface area (Å²) >= 11 is 0. The molecule has 1 N–H and O–H groups in total. The highest BCUT2D eigenvalue weighted by Gasteiger charge is 2.27. The molecule has 0 amide bonds. The van der Waals surface area contributed by atoms with Crippen LogP contribution in [0.4, 0.5) is 0 Å². The molecule has 3 nitrogen and oxygen atoms in total. The third-order valence-corrected chi connectivity index (χ3v) is 4.76. The number of aliphatic hydroxyl groups excluding tert-OH is 1. The summed E-state index contributed by atoms with van der Waals surface area (Å²) < 4.78 is 5.79. The predicted octanol–water partition coefficient (Wildman–Crippen LogP) is 3.88. The van der Waals surface area contributed by atoms with E-state index in [9.17, 15) is 5.11 Å². The molecule has 1 aliphatic heterocycles. The minimum absolute atomic E-state index is 0.335. The van der Waals surface area contributed by atoms with E-state index in [1.807, 2.05) is 31.2 Å². The molecule has 2 aromatic carbocycles. The van der Waals surface area contributed by atoms with E-state index in [1.165, 1.54) is 17.5 Å². The fraction of sp³-hybridized carbons (Fsp3) is 0.429. The van der Waals surface area contributed by atoms with Crippen LogP contribution in [0.2, 0.25) is 0 Å². The van der Waals surface area contributed by atoms with Crippen molar-refractivity contribution in [3.8, 4) is 5.75 Å². The van der Waals surface area contributed by atoms with Gasteiger partial charge >= 0.3 is 0 Å². The lowest BCUT2D eigenvalue weighted by atomic mass is 10.0. The number of aryl methyl sites for hydroxylation is 2. The fourth-order valence-electron chi connectivity index (χ4n) is 3.53. The van der Waals surface area contributed by atoms with Crippen LogP contribution in [-0.4, -0.2) is 35.8 Å². The van der Waals surface area contributed by atoms with Gasteiger partial charge < -0.3 is 9.84 Å². The van der Waals surface area contributed by atoms with Crippen molar-refractivity contribution in [2.24, 2.45) is 0 Å². The van der Waals surface area contributed by atoms with E-state index in [4.69, 9.17) is 4.74 Å². The summed E-state index contributed by atoms with van der Waals surface area (Å²) in [7, 11) is 0. The van der Waals surface area contributed by atoms with Gasteiger partial charge in [0.15, 0.2) is 0 Å². The third kappa shape index (κ3) is 4.16. The van der Waals surface area contributed by atoms with E-state index < -0.39 is 6.10 Å². The Morgan fingerprint density at radius 2 is 2.00 bits per heavy atom. The van der Waals surface area contributed by atoms with Gasteiger partial charge in [0.1, 0.15) is 18.5 Å². The molecular formula is C21H27NO2. The van der Waals surface area contributed by atoms with Crippen molar-refractivity contribution in [2.75, 3.05) is 19.7 Å². The van der Waals surface area contributed by atoms with Gasteiger partial charge in [0.2, 0.25) is 0 Å². The topological polar surface area (TPSA) is 32.7 Å². The maximum Gasteiger partial charge on any atom is 0.122 e. The number of hydrogen-bond donors (Lipinski definition) is 1. The van der Waals surface area contributed by atoms with Crippen LogP contribution in [0, 0.1) is 13.8 Å². The van der Waals surface area contributed by atoms with Crippen molar-refractivity contribution < 1.29 is 9.84 Å². The van der Waals surface area contributed by atoms with Crippen molar-refractivity contribution in [2.45, 2.75) is 38.8 Å². The van der Waals surface area contributed by atoms with E-state index in [0.717, 1.165) is 24.3 Å². The molecule has 128 valence electrons. The van der Waals surface area contributed by atoms with Gasteiger partial charge in [-0.2, -0.15) is 0 Å². The molecule has 0 bridgehead atoms. The highest BCUT2D eigenvalue weighted by molar-refractivity contribution is 5.31. The second-order valence-corrected chi connectivity index (χ2v) is 6.80. The summed E-state index contributed by atoms with van der Waals surface area (Å²) in [5.41, 5.74) is 3.76. The normalized spacial score (nSPS) is 19.4. The second kappa shape index (κ2) is 7.82. The average Bonchev–Trinajstić information content (AvgIpc) is 3.02. The predicted molar refractivity (Wildman–Crippen MR) is 97.4 cm³/mol. The number of nitrogens with zero attached hydrogens (tertiary/aromatic N) is 1. The molecular weight excluding hydrogens is 298 g/mol. The zero-order valence-electron chi connectivity index (χ0n) is 14.6. The van der Waals surface area contributed by atoms with Gasteiger partial charge in [0.25, 0.3) is 0 Å². The first-order chi connectivity index (χ1) is 11.6. The zero-order chi connectivity index (χ0) is 16.9. The van der Waals surface area contributed by atoms with E-state index >= 15 is 0 Å². The lowest BCUT2D eigenvalue weighted by molar-refractivity contribution is 0.0636. The lowest BCUT2D eigenvalue weighted by Crippen LogP contribution is -2.35. The number of para-hydroxylation sites is 1. The first-order valence-electron chi connectivity index (χ1n) is 8.80. The molecule has 1 aliphatic rings. The molecule has 1 saturated heterocycles. The maximum atomic E-state index is 10.4. The Balaban J connectivity index is 1.57. The molecule has 1 fully saturated rings. The lowest BCUT2D eigenvalue weighted by Gasteiger charge is -2.27. The quantitative estimate of drug-likeness (QED) is 0.875. The van der Waals surface area contributed by atoms with E-state index in [1.54, 1.807) is 0 Å². The first-order valence-corrected chi connectivity index (χ1v) is 8.80. The highest BCUT2D eigenvalue weighted by atomic mass is 16.5. The largest absolute Gasteiger partial charge is 0.491 e. The number of aliphatic hydroxyl groups is 1. The molecule has 24 heavy (non-hydrogen) atoms. The molecule has 1 heterocycles. The summed E-state index contributed by atoms with van der Waals surface area (Å²) in [4.78, 5) is 2.39. The molecule has 2 aromatic rings. The molecule has 0 aromatic heterocycles. The van der Waals surface area contributed by atoms with Crippen LogP contribution >= 0.6 is 0 Å². The molecule has 3 rings (SSSR count). The first kappa shape index (κ1) is 17.0. The number of benzene rings is 2. The smallest absolute Gasteiger partial charge is 0.122 e. The van der Waals surface area contributed by atoms with Crippen LogP contribution in [0.5, 0.6) is 5.75 Å². The Bertz CT molecular complexity index is 670. The minimum atomic E-state index is -0.477. The Hall–Kier alpha value is -1.84. The van der Waals surface area contributed by atoms with Crippen LogP contribution < -0.4 is 4.74 Å². The van der Waals surface area contributed by atoms with E-state index in [-0.39, 0.29) is 0 Å². The molecule has 0 radical (unpaired) electrons. The van der Waals surface area contributed by atoms with Crippen LogP contribution in [0.15, 0.2) is 48.5 Å². The number of likely N-dealkylation sites (tertiary alicyclic amines) is 1. The van der Waals surface area contributed by atoms with Crippen LogP contribution in [0.3, 0.4) is 0 Å². The van der Waals surface area contributed by atoms with Crippen LogP contribution in [0.1, 0.15) is 35.6 Å². The van der Waals surface area contributed by atoms with Gasteiger partial charge in [-0.25, -0.2) is 0 Å². The van der Waals surface area contributed by atoms with Gasteiger partial charge in [-0.15, -0.1) is 0 Å². The van der Waals surface area contributed by atoms with Crippen molar-refractivity contribution >= 4 is 0 Å². The van der Waals surface area contributed by atoms with Gasteiger partial charge in [-0.1, -0.05) is 48.0 Å².